The highest BCUT2D eigenvalue weighted by atomic mass is 79.9. The molecule has 0 amide bonds. The van der Waals surface area contributed by atoms with Crippen LogP contribution >= 0.6 is 27.3 Å². The maximum atomic E-state index is 3.68. The van der Waals surface area contributed by atoms with Gasteiger partial charge in [-0.05, 0) is 73.5 Å². The van der Waals surface area contributed by atoms with Crippen LogP contribution in [-0.4, -0.2) is 12.1 Å². The summed E-state index contributed by atoms with van der Waals surface area (Å²) in [4.78, 5) is 1.52. The molecule has 96 valence electrons. The predicted molar refractivity (Wildman–Crippen MR) is 79.8 cm³/mol. The lowest BCUT2D eigenvalue weighted by atomic mass is 9.66. The van der Waals surface area contributed by atoms with E-state index in [4.69, 9.17) is 0 Å². The molecule has 1 N–H and O–H groups in total. The summed E-state index contributed by atoms with van der Waals surface area (Å²) in [5, 5.41) is 3.68. The molecular weight excluding hydrogens is 294 g/mol. The zero-order valence-corrected chi connectivity index (χ0v) is 13.4. The Balaban J connectivity index is 1.95. The van der Waals surface area contributed by atoms with E-state index in [0.717, 1.165) is 6.54 Å². The van der Waals surface area contributed by atoms with Gasteiger partial charge in [-0.25, -0.2) is 0 Å². The van der Waals surface area contributed by atoms with Crippen LogP contribution in [0.15, 0.2) is 15.9 Å². The summed E-state index contributed by atoms with van der Waals surface area (Å²) >= 11 is 5.44. The fraction of sp³-hybridized carbons (Fsp3) is 0.714. The predicted octanol–water partition coefficient (Wildman–Crippen LogP) is 4.61. The van der Waals surface area contributed by atoms with Gasteiger partial charge in [0.05, 0.1) is 3.79 Å². The van der Waals surface area contributed by atoms with E-state index in [2.05, 4.69) is 54.2 Å². The van der Waals surface area contributed by atoms with E-state index in [1.807, 2.05) is 11.3 Å². The molecule has 0 bridgehead atoms. The monoisotopic (exact) mass is 315 g/mol. The van der Waals surface area contributed by atoms with Crippen LogP contribution in [0.25, 0.3) is 0 Å². The molecule has 0 unspecified atom stereocenters. The highest BCUT2D eigenvalue weighted by Crippen LogP contribution is 2.44. The zero-order chi connectivity index (χ0) is 12.5. The third kappa shape index (κ3) is 3.80. The fourth-order valence-electron chi connectivity index (χ4n) is 2.36. The van der Waals surface area contributed by atoms with E-state index in [1.54, 1.807) is 0 Å². The number of nitrogens with one attached hydrogen (secondary N) is 1. The lowest BCUT2D eigenvalue weighted by Gasteiger charge is -2.44. The molecule has 1 aliphatic rings. The van der Waals surface area contributed by atoms with E-state index in [0.29, 0.717) is 5.41 Å². The molecule has 1 aromatic heterocycles. The van der Waals surface area contributed by atoms with Crippen LogP contribution in [0.2, 0.25) is 0 Å². The van der Waals surface area contributed by atoms with Crippen molar-refractivity contribution in [2.24, 2.45) is 5.41 Å². The third-order valence-corrected chi connectivity index (χ3v) is 5.21. The molecule has 1 heterocycles. The van der Waals surface area contributed by atoms with Crippen LogP contribution in [0.1, 0.15) is 44.9 Å². The first-order chi connectivity index (χ1) is 7.89. The van der Waals surface area contributed by atoms with Gasteiger partial charge in [-0.1, -0.05) is 6.42 Å². The molecule has 1 aromatic rings. The third-order valence-electron chi connectivity index (χ3n) is 3.59. The summed E-state index contributed by atoms with van der Waals surface area (Å²) in [6.07, 6.45) is 5.40. The van der Waals surface area contributed by atoms with Gasteiger partial charge in [0.1, 0.15) is 0 Å². The molecule has 3 heteroatoms. The van der Waals surface area contributed by atoms with E-state index in [1.165, 1.54) is 34.3 Å². The Morgan fingerprint density at radius 3 is 2.47 bits per heavy atom. The van der Waals surface area contributed by atoms with Gasteiger partial charge in [0, 0.05) is 17.0 Å². The SMILES string of the molecule is CC(C)(C)NCC1(Cc2ccc(Br)s2)CCC1. The highest BCUT2D eigenvalue weighted by Gasteiger charge is 2.37. The van der Waals surface area contributed by atoms with Gasteiger partial charge >= 0.3 is 0 Å². The van der Waals surface area contributed by atoms with Gasteiger partial charge in [-0.15, -0.1) is 11.3 Å². The Kier molecular flexibility index (Phi) is 4.01. The smallest absolute Gasteiger partial charge is 0.0701 e. The fourth-order valence-corrected chi connectivity index (χ4v) is 4.02. The summed E-state index contributed by atoms with van der Waals surface area (Å²) in [6, 6.07) is 4.44. The summed E-state index contributed by atoms with van der Waals surface area (Å²) < 4.78 is 1.26. The van der Waals surface area contributed by atoms with Crippen molar-refractivity contribution in [2.75, 3.05) is 6.54 Å². The molecule has 0 aromatic carbocycles. The van der Waals surface area contributed by atoms with Gasteiger partial charge in [0.2, 0.25) is 0 Å². The van der Waals surface area contributed by atoms with Crippen molar-refractivity contribution in [1.29, 1.82) is 0 Å². The molecule has 1 fully saturated rings. The zero-order valence-electron chi connectivity index (χ0n) is 11.0. The van der Waals surface area contributed by atoms with Crippen molar-refractivity contribution in [1.82, 2.24) is 5.32 Å². The normalized spacial score (nSPS) is 19.1. The Hall–Kier alpha value is 0.140. The number of thiophene rings is 1. The molecule has 17 heavy (non-hydrogen) atoms. The van der Waals surface area contributed by atoms with E-state index in [9.17, 15) is 0 Å². The molecule has 1 nitrogen and oxygen atoms in total. The van der Waals surface area contributed by atoms with Crippen LogP contribution in [0, 0.1) is 5.41 Å². The number of hydrogen-bond acceptors (Lipinski definition) is 2. The van der Waals surface area contributed by atoms with Gasteiger partial charge in [-0.3, -0.25) is 0 Å². The van der Waals surface area contributed by atoms with Crippen molar-refractivity contribution >= 4 is 27.3 Å². The minimum Gasteiger partial charge on any atom is -0.312 e. The van der Waals surface area contributed by atoms with Crippen LogP contribution in [0.4, 0.5) is 0 Å². The summed E-state index contributed by atoms with van der Waals surface area (Å²) in [7, 11) is 0. The lowest BCUT2D eigenvalue weighted by molar-refractivity contribution is 0.119. The molecule has 0 saturated heterocycles. The van der Waals surface area contributed by atoms with E-state index in [-0.39, 0.29) is 5.54 Å². The van der Waals surface area contributed by atoms with Crippen LogP contribution in [0.5, 0.6) is 0 Å². The second kappa shape index (κ2) is 5.02. The summed E-state index contributed by atoms with van der Waals surface area (Å²) in [5.41, 5.74) is 0.760. The maximum Gasteiger partial charge on any atom is 0.0701 e. The van der Waals surface area contributed by atoms with Gasteiger partial charge < -0.3 is 5.32 Å². The van der Waals surface area contributed by atoms with Gasteiger partial charge in [0.25, 0.3) is 0 Å². The Labute approximate surface area is 117 Å². The molecule has 1 saturated carbocycles. The largest absolute Gasteiger partial charge is 0.312 e. The summed E-state index contributed by atoms with van der Waals surface area (Å²) in [6.45, 7) is 7.91. The van der Waals surface area contributed by atoms with Crippen molar-refractivity contribution in [3.63, 3.8) is 0 Å². The first-order valence-electron chi connectivity index (χ1n) is 6.38. The summed E-state index contributed by atoms with van der Waals surface area (Å²) in [5.74, 6) is 0. The van der Waals surface area contributed by atoms with E-state index >= 15 is 0 Å². The van der Waals surface area contributed by atoms with Crippen LogP contribution in [-0.2, 0) is 6.42 Å². The molecule has 0 radical (unpaired) electrons. The lowest BCUT2D eigenvalue weighted by Crippen LogP contribution is -2.47. The quantitative estimate of drug-likeness (QED) is 0.855. The minimum atomic E-state index is 0.235. The average molecular weight is 316 g/mol. The second-order valence-electron chi connectivity index (χ2n) is 6.34. The van der Waals surface area contributed by atoms with Gasteiger partial charge in [0.15, 0.2) is 0 Å². The van der Waals surface area contributed by atoms with Crippen molar-refractivity contribution in [2.45, 2.75) is 52.0 Å². The van der Waals surface area contributed by atoms with Crippen molar-refractivity contribution in [3.05, 3.63) is 20.8 Å². The number of rotatable bonds is 4. The van der Waals surface area contributed by atoms with Crippen molar-refractivity contribution < 1.29 is 0 Å². The molecule has 0 aliphatic heterocycles. The van der Waals surface area contributed by atoms with Crippen LogP contribution in [0.3, 0.4) is 0 Å². The Morgan fingerprint density at radius 1 is 1.35 bits per heavy atom. The highest BCUT2D eigenvalue weighted by molar-refractivity contribution is 9.11. The van der Waals surface area contributed by atoms with Crippen molar-refractivity contribution in [3.8, 4) is 0 Å². The first kappa shape index (κ1) is 13.6. The minimum absolute atomic E-state index is 0.235. The number of hydrogen-bond donors (Lipinski definition) is 1. The maximum absolute atomic E-state index is 3.68. The molecular formula is C14H22BrNS. The molecule has 0 spiro atoms. The number of halogens is 1. The average Bonchev–Trinajstić information content (AvgIpc) is 2.54. The second-order valence-corrected chi connectivity index (χ2v) is 8.89. The Bertz CT molecular complexity index is 374. The first-order valence-corrected chi connectivity index (χ1v) is 7.99. The Morgan fingerprint density at radius 2 is 2.06 bits per heavy atom. The standard InChI is InChI=1S/C14H22BrNS/c1-13(2,3)16-10-14(7-4-8-14)9-11-5-6-12(15)17-11/h5-6,16H,4,7-10H2,1-3H3. The van der Waals surface area contributed by atoms with Gasteiger partial charge in [-0.2, -0.15) is 0 Å². The van der Waals surface area contributed by atoms with Crippen LogP contribution < -0.4 is 5.32 Å². The molecule has 0 atom stereocenters. The molecule has 2 rings (SSSR count). The van der Waals surface area contributed by atoms with E-state index < -0.39 is 0 Å². The topological polar surface area (TPSA) is 12.0 Å². The molecule has 1 aliphatic carbocycles.